The number of benzene rings is 2. The molecule has 0 unspecified atom stereocenters. The summed E-state index contributed by atoms with van der Waals surface area (Å²) in [5.41, 5.74) is 1.71. The van der Waals surface area contributed by atoms with Gasteiger partial charge in [-0.3, -0.25) is 4.79 Å². The number of hydrogen-bond acceptors (Lipinski definition) is 3. The second-order valence-electron chi connectivity index (χ2n) is 5.31. The van der Waals surface area contributed by atoms with E-state index in [1.54, 1.807) is 24.3 Å². The van der Waals surface area contributed by atoms with Crippen molar-refractivity contribution in [2.24, 2.45) is 0 Å². The largest absolute Gasteiger partial charge is 0.352 e. The summed E-state index contributed by atoms with van der Waals surface area (Å²) in [6.45, 7) is 0.407. The maximum atomic E-state index is 11.9. The molecule has 2 aromatic rings. The minimum Gasteiger partial charge on any atom is -0.352 e. The Morgan fingerprint density at radius 1 is 1.04 bits per heavy atom. The second kappa shape index (κ2) is 9.36. The Hall–Kier alpha value is -2.15. The van der Waals surface area contributed by atoms with E-state index in [9.17, 15) is 13.2 Å². The van der Waals surface area contributed by atoms with Gasteiger partial charge in [-0.1, -0.05) is 54.1 Å². The molecule has 7 heteroatoms. The first-order chi connectivity index (χ1) is 11.9. The third kappa shape index (κ3) is 7.51. The van der Waals surface area contributed by atoms with E-state index in [0.717, 1.165) is 16.5 Å². The molecule has 0 spiro atoms. The summed E-state index contributed by atoms with van der Waals surface area (Å²) < 4.78 is 26.1. The lowest BCUT2D eigenvalue weighted by atomic mass is 10.2. The number of carbonyl (C=O) groups is 1. The molecule has 0 heterocycles. The molecule has 5 nitrogen and oxygen atoms in total. The zero-order chi connectivity index (χ0) is 18.1. The van der Waals surface area contributed by atoms with Gasteiger partial charge in [-0.2, -0.15) is 0 Å². The van der Waals surface area contributed by atoms with Crippen LogP contribution >= 0.6 is 11.6 Å². The number of sulfonamides is 1. The zero-order valence-electron chi connectivity index (χ0n) is 13.5. The van der Waals surface area contributed by atoms with E-state index < -0.39 is 10.0 Å². The monoisotopic (exact) mass is 378 g/mol. The Morgan fingerprint density at radius 3 is 2.40 bits per heavy atom. The summed E-state index contributed by atoms with van der Waals surface area (Å²) in [7, 11) is -3.57. The summed E-state index contributed by atoms with van der Waals surface area (Å²) in [5.74, 6) is -0.232. The van der Waals surface area contributed by atoms with Crippen LogP contribution in [-0.2, 0) is 21.4 Å². The molecule has 0 radical (unpaired) electrons. The molecular formula is C18H19ClN2O3S. The molecule has 0 atom stereocenters. The summed E-state index contributed by atoms with van der Waals surface area (Å²) in [6, 6.07) is 16.2. The highest BCUT2D eigenvalue weighted by molar-refractivity contribution is 7.92. The second-order valence-corrected chi connectivity index (χ2v) is 7.39. The molecule has 132 valence electrons. The van der Waals surface area contributed by atoms with Gasteiger partial charge in [0.2, 0.25) is 15.9 Å². The highest BCUT2D eigenvalue weighted by Crippen LogP contribution is 2.09. The molecule has 0 aliphatic rings. The van der Waals surface area contributed by atoms with Crippen LogP contribution in [0.5, 0.6) is 0 Å². The average Bonchev–Trinajstić information content (AvgIpc) is 2.60. The van der Waals surface area contributed by atoms with Gasteiger partial charge in [0.15, 0.2) is 0 Å². The lowest BCUT2D eigenvalue weighted by molar-refractivity contribution is -0.121. The van der Waals surface area contributed by atoms with Crippen LogP contribution in [0, 0.1) is 0 Å². The summed E-state index contributed by atoms with van der Waals surface area (Å²) in [5, 5.41) is 4.45. The van der Waals surface area contributed by atoms with Crippen LogP contribution in [0.3, 0.4) is 0 Å². The van der Waals surface area contributed by atoms with Crippen molar-refractivity contribution in [3.05, 3.63) is 76.2 Å². The van der Waals surface area contributed by atoms with Crippen molar-refractivity contribution in [3.8, 4) is 0 Å². The maximum Gasteiger partial charge on any atom is 0.233 e. The fourth-order valence-electron chi connectivity index (χ4n) is 1.98. The van der Waals surface area contributed by atoms with Gasteiger partial charge < -0.3 is 5.32 Å². The van der Waals surface area contributed by atoms with Crippen LogP contribution in [0.25, 0.3) is 6.08 Å². The predicted octanol–water partition coefficient (Wildman–Crippen LogP) is 2.94. The molecule has 0 aliphatic heterocycles. The molecule has 0 aromatic heterocycles. The standard InChI is InChI=1S/C18H19ClN2O3S/c19-17-8-6-16(7-9-17)14-20-18(22)10-12-21-25(23,24)13-11-15-4-2-1-3-5-15/h1-9,11,13,21H,10,12,14H2,(H,20,22)/b13-11+. The van der Waals surface area contributed by atoms with Crippen molar-refractivity contribution in [2.75, 3.05) is 6.54 Å². The first-order valence-electron chi connectivity index (χ1n) is 7.68. The fraction of sp³-hybridized carbons (Fsp3) is 0.167. The highest BCUT2D eigenvalue weighted by atomic mass is 35.5. The normalized spacial score (nSPS) is 11.6. The Balaban J connectivity index is 1.72. The Kier molecular flexibility index (Phi) is 7.18. The summed E-state index contributed by atoms with van der Waals surface area (Å²) in [4.78, 5) is 11.8. The summed E-state index contributed by atoms with van der Waals surface area (Å²) >= 11 is 5.79. The molecule has 0 aliphatic carbocycles. The number of amides is 1. The first-order valence-corrected chi connectivity index (χ1v) is 9.61. The van der Waals surface area contributed by atoms with Crippen molar-refractivity contribution in [1.82, 2.24) is 10.0 Å². The van der Waals surface area contributed by atoms with Gasteiger partial charge in [0.1, 0.15) is 0 Å². The summed E-state index contributed by atoms with van der Waals surface area (Å²) in [6.07, 6.45) is 1.56. The molecule has 25 heavy (non-hydrogen) atoms. The van der Waals surface area contributed by atoms with Crippen molar-refractivity contribution in [2.45, 2.75) is 13.0 Å². The van der Waals surface area contributed by atoms with Crippen LogP contribution in [0.1, 0.15) is 17.5 Å². The van der Waals surface area contributed by atoms with Crippen LogP contribution in [0.2, 0.25) is 5.02 Å². The van der Waals surface area contributed by atoms with E-state index in [1.165, 1.54) is 6.08 Å². The third-order valence-electron chi connectivity index (χ3n) is 3.30. The van der Waals surface area contributed by atoms with E-state index in [2.05, 4.69) is 10.0 Å². The number of rotatable bonds is 8. The first kappa shape index (κ1) is 19.2. The molecular weight excluding hydrogens is 360 g/mol. The predicted molar refractivity (Wildman–Crippen MR) is 100 cm³/mol. The number of carbonyl (C=O) groups excluding carboxylic acids is 1. The van der Waals surface area contributed by atoms with Crippen molar-refractivity contribution >= 4 is 33.6 Å². The van der Waals surface area contributed by atoms with Gasteiger partial charge in [-0.15, -0.1) is 0 Å². The van der Waals surface area contributed by atoms with Gasteiger partial charge in [-0.25, -0.2) is 13.1 Å². The Bertz CT molecular complexity index is 819. The zero-order valence-corrected chi connectivity index (χ0v) is 15.1. The minimum absolute atomic E-state index is 0.0356. The SMILES string of the molecule is O=C(CCNS(=O)(=O)/C=C/c1ccccc1)NCc1ccc(Cl)cc1. The fourth-order valence-corrected chi connectivity index (χ4v) is 2.92. The van der Waals surface area contributed by atoms with Crippen molar-refractivity contribution in [1.29, 1.82) is 0 Å². The van der Waals surface area contributed by atoms with Crippen LogP contribution in [-0.4, -0.2) is 20.9 Å². The van der Waals surface area contributed by atoms with Crippen molar-refractivity contribution < 1.29 is 13.2 Å². The van der Waals surface area contributed by atoms with Gasteiger partial charge in [0.05, 0.1) is 0 Å². The van der Waals surface area contributed by atoms with Gasteiger partial charge in [-0.05, 0) is 29.3 Å². The van der Waals surface area contributed by atoms with Crippen molar-refractivity contribution in [3.63, 3.8) is 0 Å². The molecule has 0 fully saturated rings. The van der Waals surface area contributed by atoms with E-state index in [1.807, 2.05) is 30.3 Å². The Morgan fingerprint density at radius 2 is 1.72 bits per heavy atom. The lowest BCUT2D eigenvalue weighted by Crippen LogP contribution is -2.29. The molecule has 0 saturated heterocycles. The molecule has 2 rings (SSSR count). The van der Waals surface area contributed by atoms with Gasteiger partial charge in [0.25, 0.3) is 0 Å². The van der Waals surface area contributed by atoms with E-state index in [4.69, 9.17) is 11.6 Å². The third-order valence-corrected chi connectivity index (χ3v) is 4.65. The Labute approximate surface area is 152 Å². The lowest BCUT2D eigenvalue weighted by Gasteiger charge is -2.06. The van der Waals surface area contributed by atoms with Gasteiger partial charge in [0, 0.05) is 29.9 Å². The van der Waals surface area contributed by atoms with E-state index >= 15 is 0 Å². The van der Waals surface area contributed by atoms with E-state index in [0.29, 0.717) is 11.6 Å². The quantitative estimate of drug-likeness (QED) is 0.741. The number of hydrogen-bond donors (Lipinski definition) is 2. The topological polar surface area (TPSA) is 75.3 Å². The molecule has 0 bridgehead atoms. The molecule has 0 saturated carbocycles. The van der Waals surface area contributed by atoms with Crippen LogP contribution in [0.4, 0.5) is 0 Å². The molecule has 1 amide bonds. The van der Waals surface area contributed by atoms with E-state index in [-0.39, 0.29) is 18.9 Å². The van der Waals surface area contributed by atoms with Gasteiger partial charge >= 0.3 is 0 Å². The smallest absolute Gasteiger partial charge is 0.233 e. The van der Waals surface area contributed by atoms with Crippen LogP contribution in [0.15, 0.2) is 60.0 Å². The highest BCUT2D eigenvalue weighted by Gasteiger charge is 2.07. The molecule has 2 N–H and O–H groups in total. The number of nitrogens with one attached hydrogen (secondary N) is 2. The average molecular weight is 379 g/mol. The molecule has 2 aromatic carbocycles. The van der Waals surface area contributed by atoms with Crippen LogP contribution < -0.4 is 10.0 Å². The maximum absolute atomic E-state index is 11.9. The number of halogens is 1. The minimum atomic E-state index is -3.57.